The summed E-state index contributed by atoms with van der Waals surface area (Å²) in [5.74, 6) is 0.654. The molecule has 0 aliphatic rings. The number of hydrogen-bond donors (Lipinski definition) is 0. The minimum atomic E-state index is 0.526. The molecule has 0 atom stereocenters. The molecule has 3 aromatic rings. The lowest BCUT2D eigenvalue weighted by atomic mass is 10.2. The summed E-state index contributed by atoms with van der Waals surface area (Å²) in [6.45, 7) is 0.526. The maximum absolute atomic E-state index is 5.71. The van der Waals surface area contributed by atoms with E-state index in [1.807, 2.05) is 60.7 Å². The van der Waals surface area contributed by atoms with Crippen LogP contribution in [0.5, 0.6) is 5.88 Å². The summed E-state index contributed by atoms with van der Waals surface area (Å²) in [6, 6.07) is 20.0. The van der Waals surface area contributed by atoms with Crippen LogP contribution in [0.4, 0.5) is 0 Å². The number of rotatable bonds is 3. The number of para-hydroxylation sites is 1. The first-order valence-corrected chi connectivity index (χ1v) is 6.83. The van der Waals surface area contributed by atoms with Gasteiger partial charge in [-0.15, -0.1) is 0 Å². The third-order valence-corrected chi connectivity index (χ3v) is 3.40. The van der Waals surface area contributed by atoms with Gasteiger partial charge >= 0.3 is 0 Å². The van der Waals surface area contributed by atoms with Crippen molar-refractivity contribution in [3.8, 4) is 5.88 Å². The zero-order valence-corrected chi connectivity index (χ0v) is 11.8. The van der Waals surface area contributed by atoms with Crippen LogP contribution in [0.1, 0.15) is 5.56 Å². The fourth-order valence-corrected chi connectivity index (χ4v) is 2.13. The van der Waals surface area contributed by atoms with E-state index in [9.17, 15) is 0 Å². The summed E-state index contributed by atoms with van der Waals surface area (Å²) in [5, 5.41) is 1.12. The second kappa shape index (κ2) is 5.41. The van der Waals surface area contributed by atoms with Gasteiger partial charge in [-0.25, -0.2) is 4.98 Å². The van der Waals surface area contributed by atoms with E-state index in [1.54, 1.807) is 0 Å². The first kappa shape index (κ1) is 12.2. The van der Waals surface area contributed by atoms with Gasteiger partial charge in [0.15, 0.2) is 0 Å². The number of ether oxygens (including phenoxy) is 1. The second-order valence-electron chi connectivity index (χ2n) is 4.26. The Morgan fingerprint density at radius 3 is 2.53 bits per heavy atom. The van der Waals surface area contributed by atoms with Gasteiger partial charge in [-0.3, -0.25) is 0 Å². The lowest BCUT2D eigenvalue weighted by molar-refractivity contribution is 0.295. The van der Waals surface area contributed by atoms with Gasteiger partial charge in [-0.05, 0) is 29.8 Å². The Hall–Kier alpha value is -1.87. The standard InChI is InChI=1S/C16H12BrNO/c17-14-8-5-12(6-9-14)11-19-16-10-7-13-3-1-2-4-15(13)18-16/h1-10H,11H2. The van der Waals surface area contributed by atoms with E-state index < -0.39 is 0 Å². The molecule has 0 bridgehead atoms. The van der Waals surface area contributed by atoms with Gasteiger partial charge in [0.05, 0.1) is 5.52 Å². The zero-order valence-electron chi connectivity index (χ0n) is 10.2. The van der Waals surface area contributed by atoms with Crippen LogP contribution in [-0.2, 0) is 6.61 Å². The van der Waals surface area contributed by atoms with Crippen LogP contribution in [0.25, 0.3) is 10.9 Å². The summed E-state index contributed by atoms with van der Waals surface area (Å²) < 4.78 is 6.78. The van der Waals surface area contributed by atoms with Crippen molar-refractivity contribution < 1.29 is 4.74 Å². The molecule has 3 heteroatoms. The highest BCUT2D eigenvalue weighted by Crippen LogP contribution is 2.17. The summed E-state index contributed by atoms with van der Waals surface area (Å²) in [5.41, 5.74) is 2.08. The molecule has 0 spiro atoms. The van der Waals surface area contributed by atoms with Crippen molar-refractivity contribution in [2.75, 3.05) is 0 Å². The lowest BCUT2D eigenvalue weighted by Gasteiger charge is -2.06. The number of pyridine rings is 1. The van der Waals surface area contributed by atoms with E-state index in [-0.39, 0.29) is 0 Å². The first-order chi connectivity index (χ1) is 9.31. The third-order valence-electron chi connectivity index (χ3n) is 2.87. The summed E-state index contributed by atoms with van der Waals surface area (Å²) in [4.78, 5) is 4.48. The summed E-state index contributed by atoms with van der Waals surface area (Å²) in [6.07, 6.45) is 0. The van der Waals surface area contributed by atoms with Crippen molar-refractivity contribution in [3.05, 3.63) is 70.7 Å². The molecule has 2 nitrogen and oxygen atoms in total. The van der Waals surface area contributed by atoms with Gasteiger partial charge in [0.2, 0.25) is 5.88 Å². The van der Waals surface area contributed by atoms with E-state index in [0.717, 1.165) is 20.9 Å². The van der Waals surface area contributed by atoms with Crippen LogP contribution in [0.3, 0.4) is 0 Å². The molecule has 1 aromatic heterocycles. The van der Waals surface area contributed by atoms with Crippen molar-refractivity contribution in [1.29, 1.82) is 0 Å². The number of benzene rings is 2. The van der Waals surface area contributed by atoms with Gasteiger partial charge in [0.25, 0.3) is 0 Å². The largest absolute Gasteiger partial charge is 0.473 e. The molecule has 1 heterocycles. The quantitative estimate of drug-likeness (QED) is 0.706. The fraction of sp³-hybridized carbons (Fsp3) is 0.0625. The van der Waals surface area contributed by atoms with Gasteiger partial charge in [-0.1, -0.05) is 46.3 Å². The van der Waals surface area contributed by atoms with Crippen LogP contribution >= 0.6 is 15.9 Å². The molecule has 0 amide bonds. The van der Waals surface area contributed by atoms with Gasteiger partial charge in [0, 0.05) is 15.9 Å². The molecular formula is C16H12BrNO. The molecule has 0 saturated heterocycles. The number of halogens is 1. The van der Waals surface area contributed by atoms with Gasteiger partial charge < -0.3 is 4.74 Å². The molecule has 0 N–H and O–H groups in total. The monoisotopic (exact) mass is 313 g/mol. The smallest absolute Gasteiger partial charge is 0.214 e. The highest BCUT2D eigenvalue weighted by Gasteiger charge is 1.99. The average molecular weight is 314 g/mol. The van der Waals surface area contributed by atoms with Crippen LogP contribution in [0.15, 0.2) is 65.1 Å². The van der Waals surface area contributed by atoms with Crippen molar-refractivity contribution in [2.45, 2.75) is 6.61 Å². The minimum Gasteiger partial charge on any atom is -0.473 e. The van der Waals surface area contributed by atoms with Crippen molar-refractivity contribution in [3.63, 3.8) is 0 Å². The molecule has 2 aromatic carbocycles. The number of aromatic nitrogens is 1. The predicted molar refractivity (Wildman–Crippen MR) is 80.2 cm³/mol. The Bertz CT molecular complexity index is 694. The average Bonchev–Trinajstić information content (AvgIpc) is 2.46. The van der Waals surface area contributed by atoms with E-state index in [4.69, 9.17) is 4.74 Å². The molecule has 0 radical (unpaired) electrons. The van der Waals surface area contributed by atoms with Gasteiger partial charge in [0.1, 0.15) is 6.61 Å². The molecular weight excluding hydrogens is 302 g/mol. The summed E-state index contributed by atoms with van der Waals surface area (Å²) in [7, 11) is 0. The molecule has 3 rings (SSSR count). The van der Waals surface area contributed by atoms with E-state index in [2.05, 4.69) is 20.9 Å². The number of hydrogen-bond acceptors (Lipinski definition) is 2. The third kappa shape index (κ3) is 2.93. The molecule has 0 aliphatic heterocycles. The van der Waals surface area contributed by atoms with Crippen LogP contribution in [0.2, 0.25) is 0 Å². The molecule has 0 aliphatic carbocycles. The second-order valence-corrected chi connectivity index (χ2v) is 5.17. The lowest BCUT2D eigenvalue weighted by Crippen LogP contribution is -1.97. The first-order valence-electron chi connectivity index (χ1n) is 6.04. The van der Waals surface area contributed by atoms with Crippen LogP contribution in [-0.4, -0.2) is 4.98 Å². The van der Waals surface area contributed by atoms with Crippen LogP contribution in [0, 0.1) is 0 Å². The Labute approximate surface area is 120 Å². The normalized spacial score (nSPS) is 10.6. The van der Waals surface area contributed by atoms with Crippen molar-refractivity contribution in [1.82, 2.24) is 4.98 Å². The highest BCUT2D eigenvalue weighted by atomic mass is 79.9. The number of fused-ring (bicyclic) bond motifs is 1. The van der Waals surface area contributed by atoms with Crippen LogP contribution < -0.4 is 4.74 Å². The minimum absolute atomic E-state index is 0.526. The molecule has 0 saturated carbocycles. The fourth-order valence-electron chi connectivity index (χ4n) is 1.87. The Kier molecular flexibility index (Phi) is 3.47. The Morgan fingerprint density at radius 1 is 0.895 bits per heavy atom. The van der Waals surface area contributed by atoms with Gasteiger partial charge in [-0.2, -0.15) is 0 Å². The highest BCUT2D eigenvalue weighted by molar-refractivity contribution is 9.10. The molecule has 0 unspecified atom stereocenters. The molecule has 94 valence electrons. The topological polar surface area (TPSA) is 22.1 Å². The van der Waals surface area contributed by atoms with E-state index in [0.29, 0.717) is 12.5 Å². The molecule has 0 fully saturated rings. The maximum Gasteiger partial charge on any atom is 0.214 e. The maximum atomic E-state index is 5.71. The van der Waals surface area contributed by atoms with Crippen molar-refractivity contribution in [2.24, 2.45) is 0 Å². The SMILES string of the molecule is Brc1ccc(COc2ccc3ccccc3n2)cc1. The number of nitrogens with zero attached hydrogens (tertiary/aromatic N) is 1. The van der Waals surface area contributed by atoms with E-state index >= 15 is 0 Å². The Balaban J connectivity index is 1.76. The van der Waals surface area contributed by atoms with Crippen molar-refractivity contribution >= 4 is 26.8 Å². The predicted octanol–water partition coefficient (Wildman–Crippen LogP) is 4.58. The zero-order chi connectivity index (χ0) is 13.1. The summed E-state index contributed by atoms with van der Waals surface area (Å²) >= 11 is 3.42. The Morgan fingerprint density at radius 2 is 1.68 bits per heavy atom. The molecule has 19 heavy (non-hydrogen) atoms. The van der Waals surface area contributed by atoms with E-state index in [1.165, 1.54) is 0 Å².